The van der Waals surface area contributed by atoms with Crippen molar-refractivity contribution >= 4 is 38.5 Å². The van der Waals surface area contributed by atoms with E-state index in [4.69, 9.17) is 4.74 Å². The Kier molecular flexibility index (Phi) is 5.42. The predicted molar refractivity (Wildman–Crippen MR) is 42.6 cm³/mol. The van der Waals surface area contributed by atoms with E-state index in [1.165, 1.54) is 0 Å². The van der Waals surface area contributed by atoms with Gasteiger partial charge >= 0.3 is 0 Å². The van der Waals surface area contributed by atoms with Crippen molar-refractivity contribution < 1.29 is 4.74 Å². The van der Waals surface area contributed by atoms with Gasteiger partial charge in [-0.15, -0.1) is 0 Å². The zero-order chi connectivity index (χ0) is 5.70. The van der Waals surface area contributed by atoms with Crippen LogP contribution in [0.5, 0.6) is 0 Å². The van der Waals surface area contributed by atoms with Crippen molar-refractivity contribution in [2.24, 2.45) is 0 Å². The summed E-state index contributed by atoms with van der Waals surface area (Å²) in [5.74, 6) is 0. The maximum absolute atomic E-state index is 4.91. The molecule has 42 valence electrons. The molecule has 0 rings (SSSR count). The van der Waals surface area contributed by atoms with Gasteiger partial charge in [0.05, 0.1) is 6.26 Å². The first kappa shape index (κ1) is 7.75. The Morgan fingerprint density at radius 1 is 1.86 bits per heavy atom. The summed E-state index contributed by atoms with van der Waals surface area (Å²) < 4.78 is 5.01. The van der Waals surface area contributed by atoms with Gasteiger partial charge in [-0.05, 0) is 45.4 Å². The minimum Gasteiger partial charge on any atom is -0.477 e. The fourth-order valence-corrected chi connectivity index (χ4v) is 0.432. The summed E-state index contributed by atoms with van der Waals surface area (Å²) in [6.45, 7) is 1.91. The van der Waals surface area contributed by atoms with E-state index >= 15 is 0 Å². The lowest BCUT2D eigenvalue weighted by atomic mass is 10.7. The standard InChI is InChI=1S/C4H6BrIO/c1-2-3-7-4(5)6/h2-4H,1H3. The highest BCUT2D eigenvalue weighted by molar-refractivity contribution is 14.1. The van der Waals surface area contributed by atoms with Crippen LogP contribution in [0.2, 0.25) is 0 Å². The molecule has 7 heavy (non-hydrogen) atoms. The van der Waals surface area contributed by atoms with E-state index in [1.807, 2.05) is 13.0 Å². The van der Waals surface area contributed by atoms with Gasteiger partial charge in [-0.2, -0.15) is 0 Å². The molecule has 0 aromatic heterocycles. The number of allylic oxidation sites excluding steroid dienone is 1. The molecule has 3 heteroatoms. The summed E-state index contributed by atoms with van der Waals surface area (Å²) >= 11 is 5.30. The lowest BCUT2D eigenvalue weighted by molar-refractivity contribution is 0.307. The predicted octanol–water partition coefficient (Wildman–Crippen LogP) is 2.65. The number of halogens is 2. The third-order valence-electron chi connectivity index (χ3n) is 0.318. The van der Waals surface area contributed by atoms with Crippen molar-refractivity contribution in [1.29, 1.82) is 0 Å². The van der Waals surface area contributed by atoms with Crippen LogP contribution in [0.15, 0.2) is 12.3 Å². The second kappa shape index (κ2) is 4.90. The zero-order valence-corrected chi connectivity index (χ0v) is 7.64. The Labute approximate surface area is 65.4 Å². The SMILES string of the molecule is CC=COC(Br)I. The molecule has 0 aromatic rings. The van der Waals surface area contributed by atoms with Crippen molar-refractivity contribution in [3.05, 3.63) is 12.3 Å². The molecule has 0 saturated heterocycles. The van der Waals surface area contributed by atoms with Gasteiger partial charge in [-0.25, -0.2) is 0 Å². The molecule has 0 heterocycles. The van der Waals surface area contributed by atoms with Crippen LogP contribution in [-0.2, 0) is 4.74 Å². The Balaban J connectivity index is 2.97. The fraction of sp³-hybridized carbons (Fsp3) is 0.500. The van der Waals surface area contributed by atoms with E-state index in [-0.39, 0.29) is 3.02 Å². The Hall–Kier alpha value is 0.750. The van der Waals surface area contributed by atoms with Gasteiger partial charge in [0, 0.05) is 0 Å². The van der Waals surface area contributed by atoms with Crippen LogP contribution < -0.4 is 0 Å². The monoisotopic (exact) mass is 276 g/mol. The number of rotatable bonds is 2. The summed E-state index contributed by atoms with van der Waals surface area (Å²) in [7, 11) is 0. The van der Waals surface area contributed by atoms with Gasteiger partial charge in [-0.1, -0.05) is 6.08 Å². The first-order valence-corrected chi connectivity index (χ1v) is 3.98. The van der Waals surface area contributed by atoms with E-state index in [1.54, 1.807) is 6.26 Å². The third-order valence-corrected chi connectivity index (χ3v) is 0.827. The van der Waals surface area contributed by atoms with E-state index < -0.39 is 0 Å². The van der Waals surface area contributed by atoms with Crippen molar-refractivity contribution in [3.63, 3.8) is 0 Å². The Morgan fingerprint density at radius 2 is 2.43 bits per heavy atom. The van der Waals surface area contributed by atoms with Gasteiger partial charge < -0.3 is 4.74 Å². The zero-order valence-electron chi connectivity index (χ0n) is 3.90. The molecule has 0 aliphatic carbocycles. The van der Waals surface area contributed by atoms with E-state index in [2.05, 4.69) is 38.5 Å². The largest absolute Gasteiger partial charge is 0.477 e. The van der Waals surface area contributed by atoms with Crippen molar-refractivity contribution in [2.75, 3.05) is 0 Å². The average Bonchev–Trinajstić information content (AvgIpc) is 1.61. The first-order chi connectivity index (χ1) is 3.27. The molecule has 0 amide bonds. The van der Waals surface area contributed by atoms with Crippen LogP contribution in [0, 0.1) is 0 Å². The van der Waals surface area contributed by atoms with Crippen LogP contribution in [0.1, 0.15) is 6.92 Å². The number of alkyl halides is 2. The van der Waals surface area contributed by atoms with Crippen molar-refractivity contribution in [3.8, 4) is 0 Å². The van der Waals surface area contributed by atoms with Crippen molar-refractivity contribution in [2.45, 2.75) is 9.94 Å². The fourth-order valence-electron chi connectivity index (χ4n) is 0.138. The highest BCUT2D eigenvalue weighted by atomic mass is 127. The maximum Gasteiger partial charge on any atom is 0.202 e. The maximum atomic E-state index is 4.91. The number of hydrogen-bond acceptors (Lipinski definition) is 1. The lowest BCUT2D eigenvalue weighted by Gasteiger charge is -1.96. The summed E-state index contributed by atoms with van der Waals surface area (Å²) in [5.41, 5.74) is 0. The number of hydrogen-bond donors (Lipinski definition) is 0. The summed E-state index contributed by atoms with van der Waals surface area (Å²) in [6, 6.07) is 0. The molecule has 0 spiro atoms. The summed E-state index contributed by atoms with van der Waals surface area (Å²) in [5, 5.41) is 0. The van der Waals surface area contributed by atoms with Gasteiger partial charge in [0.15, 0.2) is 0 Å². The third kappa shape index (κ3) is 6.75. The molecule has 0 bridgehead atoms. The van der Waals surface area contributed by atoms with Crippen LogP contribution in [0.25, 0.3) is 0 Å². The van der Waals surface area contributed by atoms with Gasteiger partial charge in [0.25, 0.3) is 0 Å². The van der Waals surface area contributed by atoms with Crippen LogP contribution in [-0.4, -0.2) is 3.02 Å². The normalized spacial score (nSPS) is 14.7. The van der Waals surface area contributed by atoms with E-state index in [0.717, 1.165) is 0 Å². The van der Waals surface area contributed by atoms with Gasteiger partial charge in [0.2, 0.25) is 3.02 Å². The number of ether oxygens (including phenoxy) is 1. The molecule has 1 atom stereocenters. The molecular formula is C4H6BrIO. The second-order valence-corrected chi connectivity index (χ2v) is 4.54. The average molecular weight is 277 g/mol. The second-order valence-electron chi connectivity index (χ2n) is 0.866. The molecule has 0 fully saturated rings. The first-order valence-electron chi connectivity index (χ1n) is 1.82. The molecule has 0 radical (unpaired) electrons. The molecule has 0 N–H and O–H groups in total. The van der Waals surface area contributed by atoms with E-state index in [0.29, 0.717) is 0 Å². The molecule has 0 aliphatic rings. The molecule has 0 aliphatic heterocycles. The lowest BCUT2D eigenvalue weighted by Crippen LogP contribution is -1.82. The van der Waals surface area contributed by atoms with Crippen molar-refractivity contribution in [1.82, 2.24) is 0 Å². The van der Waals surface area contributed by atoms with Crippen LogP contribution >= 0.6 is 38.5 Å². The highest BCUT2D eigenvalue weighted by Crippen LogP contribution is 2.09. The summed E-state index contributed by atoms with van der Waals surface area (Å²) in [6.07, 6.45) is 3.48. The molecule has 1 unspecified atom stereocenters. The van der Waals surface area contributed by atoms with E-state index in [9.17, 15) is 0 Å². The Bertz CT molecular complexity index is 62.7. The van der Waals surface area contributed by atoms with Gasteiger partial charge in [-0.3, -0.25) is 0 Å². The molecule has 0 aromatic carbocycles. The quantitative estimate of drug-likeness (QED) is 0.428. The highest BCUT2D eigenvalue weighted by Gasteiger charge is 1.87. The molecule has 1 nitrogen and oxygen atoms in total. The summed E-state index contributed by atoms with van der Waals surface area (Å²) in [4.78, 5) is 0. The Morgan fingerprint density at radius 3 is 2.57 bits per heavy atom. The van der Waals surface area contributed by atoms with Crippen LogP contribution in [0.4, 0.5) is 0 Å². The van der Waals surface area contributed by atoms with Crippen LogP contribution in [0.3, 0.4) is 0 Å². The minimum atomic E-state index is 0.0984. The smallest absolute Gasteiger partial charge is 0.202 e. The minimum absolute atomic E-state index is 0.0984. The molecule has 0 saturated carbocycles. The van der Waals surface area contributed by atoms with Gasteiger partial charge in [0.1, 0.15) is 0 Å². The molecular weight excluding hydrogens is 271 g/mol. The topological polar surface area (TPSA) is 9.23 Å².